The van der Waals surface area contributed by atoms with Crippen LogP contribution in [-0.4, -0.2) is 59.7 Å². The van der Waals surface area contributed by atoms with Crippen LogP contribution in [0.1, 0.15) is 50.5 Å². The molecule has 31 heavy (non-hydrogen) atoms. The number of hydrogen-bond donors (Lipinski definition) is 1. The third kappa shape index (κ3) is 4.03. The Balaban J connectivity index is 1.69. The quantitative estimate of drug-likeness (QED) is 0.737. The molecule has 1 N–H and O–H groups in total. The summed E-state index contributed by atoms with van der Waals surface area (Å²) >= 11 is 0. The van der Waals surface area contributed by atoms with E-state index in [1.54, 1.807) is 12.0 Å². The molecule has 1 aromatic heterocycles. The molecule has 0 spiro atoms. The van der Waals surface area contributed by atoms with Crippen molar-refractivity contribution in [3.05, 3.63) is 30.0 Å². The first-order valence-corrected chi connectivity index (χ1v) is 11.2. The highest BCUT2D eigenvalue weighted by atomic mass is 16.5. The van der Waals surface area contributed by atoms with Crippen LogP contribution in [0.4, 0.5) is 0 Å². The zero-order valence-electron chi connectivity index (χ0n) is 18.9. The van der Waals surface area contributed by atoms with Crippen LogP contribution in [0.5, 0.6) is 5.75 Å². The Morgan fingerprint density at radius 3 is 2.84 bits per heavy atom. The Labute approximate surface area is 183 Å². The Morgan fingerprint density at radius 1 is 1.35 bits per heavy atom. The summed E-state index contributed by atoms with van der Waals surface area (Å²) in [7, 11) is 1.63. The smallest absolute Gasteiger partial charge is 0.271 e. The van der Waals surface area contributed by atoms with E-state index in [1.165, 1.54) is 0 Å². The fraction of sp³-hybridized carbons (Fsp3) is 0.583. The topological polar surface area (TPSA) is 72.8 Å². The van der Waals surface area contributed by atoms with Crippen molar-refractivity contribution in [1.29, 1.82) is 0 Å². The average Bonchev–Trinajstić information content (AvgIpc) is 3.39. The number of carbonyl (C=O) groups excluding carboxylic acids is 2. The molecule has 1 aromatic carbocycles. The summed E-state index contributed by atoms with van der Waals surface area (Å²) in [5.41, 5.74) is 0.549. The predicted molar refractivity (Wildman–Crippen MR) is 119 cm³/mol. The van der Waals surface area contributed by atoms with Crippen molar-refractivity contribution in [3.8, 4) is 5.75 Å². The van der Waals surface area contributed by atoms with Crippen LogP contribution in [0, 0.1) is 5.92 Å². The third-order valence-electron chi connectivity index (χ3n) is 6.57. The molecule has 1 fully saturated rings. The second kappa shape index (κ2) is 8.54. The molecule has 2 aliphatic heterocycles. The van der Waals surface area contributed by atoms with Crippen LogP contribution in [0.2, 0.25) is 0 Å². The molecule has 2 atom stereocenters. The van der Waals surface area contributed by atoms with Gasteiger partial charge in [0.2, 0.25) is 5.91 Å². The maximum Gasteiger partial charge on any atom is 0.271 e. The first kappa shape index (κ1) is 21.7. The standard InChI is InChI=1S/C24H33N3O4/c1-16(2)9-10-27-22(28)21-12-17-7-8-18(30-4)13-20(17)26(21)15-24(27,3)23(29)25-14-19-6-5-11-31-19/h7-8,12-13,16,19H,5-6,9-11,14-15H2,1-4H3,(H,25,29)/t19-,24-/m0/s1. The number of nitrogens with one attached hydrogen (secondary N) is 1. The van der Waals surface area contributed by atoms with Gasteiger partial charge in [0.15, 0.2) is 0 Å². The Bertz CT molecular complexity index is 977. The van der Waals surface area contributed by atoms with Crippen molar-refractivity contribution in [2.24, 2.45) is 5.92 Å². The molecule has 0 aliphatic carbocycles. The number of ether oxygens (including phenoxy) is 2. The summed E-state index contributed by atoms with van der Waals surface area (Å²) in [6.45, 7) is 8.32. The summed E-state index contributed by atoms with van der Waals surface area (Å²) in [5.74, 6) is 0.934. The molecule has 7 nitrogen and oxygen atoms in total. The highest BCUT2D eigenvalue weighted by Crippen LogP contribution is 2.34. The number of methoxy groups -OCH3 is 1. The van der Waals surface area contributed by atoms with Gasteiger partial charge >= 0.3 is 0 Å². The monoisotopic (exact) mass is 427 g/mol. The van der Waals surface area contributed by atoms with Crippen LogP contribution in [0.15, 0.2) is 24.3 Å². The van der Waals surface area contributed by atoms with Gasteiger partial charge < -0.3 is 24.3 Å². The fourth-order valence-corrected chi connectivity index (χ4v) is 4.60. The minimum absolute atomic E-state index is 0.0585. The molecule has 2 amide bonds. The van der Waals surface area contributed by atoms with Crippen LogP contribution in [0.25, 0.3) is 10.9 Å². The maximum absolute atomic E-state index is 13.6. The summed E-state index contributed by atoms with van der Waals surface area (Å²) < 4.78 is 13.0. The summed E-state index contributed by atoms with van der Waals surface area (Å²) in [6.07, 6.45) is 2.88. The molecule has 2 aliphatic rings. The van der Waals surface area contributed by atoms with Crippen molar-refractivity contribution in [3.63, 3.8) is 0 Å². The second-order valence-corrected chi connectivity index (χ2v) is 9.30. The normalized spacial score (nSPS) is 23.5. The van der Waals surface area contributed by atoms with Gasteiger partial charge in [0, 0.05) is 31.1 Å². The molecule has 7 heteroatoms. The van der Waals surface area contributed by atoms with Crippen LogP contribution in [0.3, 0.4) is 0 Å². The number of fused-ring (bicyclic) bond motifs is 3. The van der Waals surface area contributed by atoms with E-state index < -0.39 is 5.54 Å². The Morgan fingerprint density at radius 2 is 2.16 bits per heavy atom. The van der Waals surface area contributed by atoms with Crippen LogP contribution in [-0.2, 0) is 16.1 Å². The molecule has 1 saturated heterocycles. The minimum Gasteiger partial charge on any atom is -0.497 e. The molecule has 168 valence electrons. The van der Waals surface area contributed by atoms with Gasteiger partial charge in [-0.1, -0.05) is 13.8 Å². The zero-order chi connectivity index (χ0) is 22.2. The van der Waals surface area contributed by atoms with E-state index in [1.807, 2.05) is 35.8 Å². The molecule has 0 radical (unpaired) electrons. The van der Waals surface area contributed by atoms with Gasteiger partial charge in [-0.3, -0.25) is 9.59 Å². The lowest BCUT2D eigenvalue weighted by Gasteiger charge is -2.44. The lowest BCUT2D eigenvalue weighted by atomic mass is 9.93. The molecule has 2 aromatic rings. The molecular formula is C24H33N3O4. The van der Waals surface area contributed by atoms with Gasteiger partial charge in [-0.15, -0.1) is 0 Å². The van der Waals surface area contributed by atoms with E-state index in [0.717, 1.165) is 42.5 Å². The molecule has 3 heterocycles. The van der Waals surface area contributed by atoms with E-state index in [4.69, 9.17) is 9.47 Å². The largest absolute Gasteiger partial charge is 0.497 e. The number of hydrogen-bond acceptors (Lipinski definition) is 4. The van der Waals surface area contributed by atoms with E-state index >= 15 is 0 Å². The molecular weight excluding hydrogens is 394 g/mol. The zero-order valence-corrected chi connectivity index (χ0v) is 18.9. The lowest BCUT2D eigenvalue weighted by Crippen LogP contribution is -2.64. The van der Waals surface area contributed by atoms with E-state index in [-0.39, 0.29) is 17.9 Å². The van der Waals surface area contributed by atoms with Gasteiger partial charge in [0.1, 0.15) is 17.0 Å². The second-order valence-electron chi connectivity index (χ2n) is 9.30. The number of aromatic nitrogens is 1. The molecule has 0 saturated carbocycles. The number of rotatable bonds is 7. The van der Waals surface area contributed by atoms with Gasteiger partial charge in [-0.25, -0.2) is 0 Å². The SMILES string of the molecule is COc1ccc2cc3n(c2c1)C[C@@](C)(C(=O)NC[C@@H]1CCCO1)N(CCC(C)C)C3=O. The molecule has 4 rings (SSSR count). The van der Waals surface area contributed by atoms with Crippen molar-refractivity contribution in [1.82, 2.24) is 14.8 Å². The first-order valence-electron chi connectivity index (χ1n) is 11.2. The Kier molecular flexibility index (Phi) is 5.97. The Hall–Kier alpha value is -2.54. The van der Waals surface area contributed by atoms with Gasteiger partial charge in [0.25, 0.3) is 5.91 Å². The number of carbonyl (C=O) groups is 2. The minimum atomic E-state index is -0.980. The van der Waals surface area contributed by atoms with Crippen molar-refractivity contribution < 1.29 is 19.1 Å². The van der Waals surface area contributed by atoms with E-state index in [0.29, 0.717) is 31.2 Å². The summed E-state index contributed by atoms with van der Waals surface area (Å²) in [4.78, 5) is 28.8. The van der Waals surface area contributed by atoms with Gasteiger partial charge in [-0.05, 0) is 50.3 Å². The maximum atomic E-state index is 13.6. The van der Waals surface area contributed by atoms with E-state index in [2.05, 4.69) is 19.2 Å². The number of amides is 2. The molecule has 0 unspecified atom stereocenters. The lowest BCUT2D eigenvalue weighted by molar-refractivity contribution is -0.133. The predicted octanol–water partition coefficient (Wildman–Crippen LogP) is 3.21. The van der Waals surface area contributed by atoms with Crippen LogP contribution >= 0.6 is 0 Å². The summed E-state index contributed by atoms with van der Waals surface area (Å²) in [6, 6.07) is 7.70. The van der Waals surface area contributed by atoms with Gasteiger partial charge in [-0.2, -0.15) is 0 Å². The number of benzene rings is 1. The highest BCUT2D eigenvalue weighted by molar-refractivity contribution is 6.03. The summed E-state index contributed by atoms with van der Waals surface area (Å²) in [5, 5.41) is 4.04. The highest BCUT2D eigenvalue weighted by Gasteiger charge is 2.47. The number of nitrogens with zero attached hydrogens (tertiary/aromatic N) is 2. The van der Waals surface area contributed by atoms with Crippen molar-refractivity contribution >= 4 is 22.7 Å². The van der Waals surface area contributed by atoms with Crippen LogP contribution < -0.4 is 10.1 Å². The van der Waals surface area contributed by atoms with E-state index in [9.17, 15) is 9.59 Å². The third-order valence-corrected chi connectivity index (χ3v) is 6.57. The first-order chi connectivity index (χ1) is 14.8. The van der Waals surface area contributed by atoms with Gasteiger partial charge in [0.05, 0.1) is 25.3 Å². The molecule has 0 bridgehead atoms. The van der Waals surface area contributed by atoms with Crippen molar-refractivity contribution in [2.75, 3.05) is 26.8 Å². The fourth-order valence-electron chi connectivity index (χ4n) is 4.60. The van der Waals surface area contributed by atoms with Crippen molar-refractivity contribution in [2.45, 2.75) is 58.2 Å². The average molecular weight is 428 g/mol.